The molecule has 1 amide bonds. The number of aromatic nitrogens is 4. The second-order valence-electron chi connectivity index (χ2n) is 5.87. The molecule has 0 radical (unpaired) electrons. The van der Waals surface area contributed by atoms with Crippen LogP contribution in [-0.4, -0.2) is 26.1 Å². The number of hydrogen-bond donors (Lipinski definition) is 1. The van der Waals surface area contributed by atoms with Gasteiger partial charge in [0, 0.05) is 10.9 Å². The van der Waals surface area contributed by atoms with Crippen LogP contribution in [0, 0.1) is 0 Å². The van der Waals surface area contributed by atoms with Crippen molar-refractivity contribution in [1.29, 1.82) is 0 Å². The van der Waals surface area contributed by atoms with E-state index in [0.29, 0.717) is 5.82 Å². The van der Waals surface area contributed by atoms with E-state index >= 15 is 0 Å². The fourth-order valence-corrected chi connectivity index (χ4v) is 3.72. The number of amides is 1. The standard InChI is InChI=1S/C17H17N5OS/c23-16(10-22-20-17(19-21-22)13-8-9-24-11-13)18-15-7-3-5-12-4-1-2-6-14(12)15/h1-2,4,6,8-9,11,15H,3,5,7,10H2,(H,18,23)/t15-/m0/s1. The predicted octanol–water partition coefficient (Wildman–Crippen LogP) is 2.60. The molecule has 0 saturated carbocycles. The number of tetrazole rings is 1. The summed E-state index contributed by atoms with van der Waals surface area (Å²) in [7, 11) is 0. The smallest absolute Gasteiger partial charge is 0.244 e. The maximum Gasteiger partial charge on any atom is 0.244 e. The van der Waals surface area contributed by atoms with Crippen LogP contribution in [0.25, 0.3) is 11.4 Å². The molecule has 0 spiro atoms. The molecule has 0 bridgehead atoms. The first-order chi connectivity index (χ1) is 11.8. The minimum atomic E-state index is -0.0917. The average molecular weight is 339 g/mol. The minimum Gasteiger partial charge on any atom is -0.348 e. The molecule has 0 aliphatic heterocycles. The Morgan fingerprint density at radius 1 is 1.33 bits per heavy atom. The summed E-state index contributed by atoms with van der Waals surface area (Å²) in [4.78, 5) is 13.7. The highest BCUT2D eigenvalue weighted by Gasteiger charge is 2.21. The van der Waals surface area contributed by atoms with E-state index in [1.165, 1.54) is 15.9 Å². The molecule has 24 heavy (non-hydrogen) atoms. The predicted molar refractivity (Wildman–Crippen MR) is 91.4 cm³/mol. The molecule has 2 aromatic heterocycles. The molecule has 1 N–H and O–H groups in total. The van der Waals surface area contributed by atoms with Crippen LogP contribution in [0.5, 0.6) is 0 Å². The highest BCUT2D eigenvalue weighted by atomic mass is 32.1. The second kappa shape index (κ2) is 6.52. The molecule has 1 atom stereocenters. The van der Waals surface area contributed by atoms with Crippen molar-refractivity contribution in [3.8, 4) is 11.4 Å². The van der Waals surface area contributed by atoms with Crippen LogP contribution in [0.2, 0.25) is 0 Å². The molecule has 0 unspecified atom stereocenters. The Balaban J connectivity index is 1.43. The number of aryl methyl sites for hydroxylation is 1. The number of rotatable bonds is 4. The number of nitrogens with one attached hydrogen (secondary N) is 1. The van der Waals surface area contributed by atoms with Gasteiger partial charge in [-0.25, -0.2) is 0 Å². The number of nitrogens with zero attached hydrogens (tertiary/aromatic N) is 4. The molecule has 1 aliphatic carbocycles. The highest BCUT2D eigenvalue weighted by molar-refractivity contribution is 7.08. The summed E-state index contributed by atoms with van der Waals surface area (Å²) in [5.41, 5.74) is 3.48. The maximum absolute atomic E-state index is 12.3. The third kappa shape index (κ3) is 3.07. The number of fused-ring (bicyclic) bond motifs is 1. The van der Waals surface area contributed by atoms with Crippen LogP contribution in [0.3, 0.4) is 0 Å². The quantitative estimate of drug-likeness (QED) is 0.793. The van der Waals surface area contributed by atoms with Crippen molar-refractivity contribution >= 4 is 17.2 Å². The van der Waals surface area contributed by atoms with Crippen molar-refractivity contribution in [3.05, 3.63) is 52.2 Å². The zero-order valence-corrected chi connectivity index (χ0v) is 13.9. The molecule has 0 saturated heterocycles. The van der Waals surface area contributed by atoms with E-state index in [4.69, 9.17) is 0 Å². The molecular weight excluding hydrogens is 322 g/mol. The molecule has 0 fully saturated rings. The third-order valence-electron chi connectivity index (χ3n) is 4.22. The van der Waals surface area contributed by atoms with Crippen molar-refractivity contribution in [1.82, 2.24) is 25.5 Å². The second-order valence-corrected chi connectivity index (χ2v) is 6.65. The average Bonchev–Trinajstić information content (AvgIpc) is 3.26. The summed E-state index contributed by atoms with van der Waals surface area (Å²) in [5.74, 6) is 0.457. The Morgan fingerprint density at radius 2 is 2.25 bits per heavy atom. The summed E-state index contributed by atoms with van der Waals surface area (Å²) >= 11 is 1.58. The van der Waals surface area contributed by atoms with Gasteiger partial charge in [-0.2, -0.15) is 16.1 Å². The molecule has 2 heterocycles. The summed E-state index contributed by atoms with van der Waals surface area (Å²) in [6.45, 7) is 0.0792. The Bertz CT molecular complexity index is 842. The van der Waals surface area contributed by atoms with Gasteiger partial charge in [-0.1, -0.05) is 24.3 Å². The summed E-state index contributed by atoms with van der Waals surface area (Å²) in [6.07, 6.45) is 3.14. The van der Waals surface area contributed by atoms with E-state index in [1.807, 2.05) is 29.0 Å². The molecule has 6 nitrogen and oxygen atoms in total. The van der Waals surface area contributed by atoms with Gasteiger partial charge >= 0.3 is 0 Å². The first-order valence-corrected chi connectivity index (χ1v) is 8.91. The summed E-state index contributed by atoms with van der Waals surface area (Å²) in [5, 5.41) is 19.3. The zero-order valence-electron chi connectivity index (χ0n) is 13.1. The number of hydrogen-bond acceptors (Lipinski definition) is 5. The third-order valence-corrected chi connectivity index (χ3v) is 4.91. The fourth-order valence-electron chi connectivity index (χ4n) is 3.09. The van der Waals surface area contributed by atoms with Gasteiger partial charge in [-0.3, -0.25) is 4.79 Å². The number of carbonyl (C=O) groups is 1. The molecule has 4 rings (SSSR count). The Labute approximate surface area is 143 Å². The van der Waals surface area contributed by atoms with Gasteiger partial charge < -0.3 is 5.32 Å². The Kier molecular flexibility index (Phi) is 4.08. The normalized spacial score (nSPS) is 16.6. The molecule has 1 aromatic carbocycles. The topological polar surface area (TPSA) is 72.7 Å². The lowest BCUT2D eigenvalue weighted by atomic mass is 9.88. The maximum atomic E-state index is 12.3. The van der Waals surface area contributed by atoms with E-state index < -0.39 is 0 Å². The van der Waals surface area contributed by atoms with Crippen LogP contribution < -0.4 is 5.32 Å². The van der Waals surface area contributed by atoms with Crippen LogP contribution in [-0.2, 0) is 17.8 Å². The fraction of sp³-hybridized carbons (Fsp3) is 0.294. The van der Waals surface area contributed by atoms with E-state index in [-0.39, 0.29) is 18.5 Å². The van der Waals surface area contributed by atoms with Crippen LogP contribution in [0.4, 0.5) is 0 Å². The van der Waals surface area contributed by atoms with Gasteiger partial charge in [-0.15, -0.1) is 10.2 Å². The van der Waals surface area contributed by atoms with E-state index in [1.54, 1.807) is 11.3 Å². The van der Waals surface area contributed by atoms with Gasteiger partial charge in [0.1, 0.15) is 6.54 Å². The number of benzene rings is 1. The van der Waals surface area contributed by atoms with Crippen LogP contribution >= 0.6 is 11.3 Å². The molecule has 7 heteroatoms. The lowest BCUT2D eigenvalue weighted by Gasteiger charge is -2.26. The molecular formula is C17H17N5OS. The van der Waals surface area contributed by atoms with E-state index in [2.05, 4.69) is 32.9 Å². The van der Waals surface area contributed by atoms with Crippen molar-refractivity contribution in [3.63, 3.8) is 0 Å². The van der Waals surface area contributed by atoms with Crippen LogP contribution in [0.1, 0.15) is 30.0 Å². The van der Waals surface area contributed by atoms with Crippen molar-refractivity contribution in [2.75, 3.05) is 0 Å². The first-order valence-electron chi connectivity index (χ1n) is 7.97. The van der Waals surface area contributed by atoms with Gasteiger partial charge in [-0.05, 0) is 47.0 Å². The van der Waals surface area contributed by atoms with E-state index in [0.717, 1.165) is 24.8 Å². The summed E-state index contributed by atoms with van der Waals surface area (Å²) < 4.78 is 0. The molecule has 122 valence electrons. The molecule has 1 aliphatic rings. The van der Waals surface area contributed by atoms with Crippen molar-refractivity contribution in [2.45, 2.75) is 31.8 Å². The van der Waals surface area contributed by atoms with Gasteiger partial charge in [0.15, 0.2) is 0 Å². The van der Waals surface area contributed by atoms with Crippen molar-refractivity contribution in [2.24, 2.45) is 0 Å². The Hall–Kier alpha value is -2.54. The Morgan fingerprint density at radius 3 is 3.12 bits per heavy atom. The number of carbonyl (C=O) groups excluding carboxylic acids is 1. The SMILES string of the molecule is O=C(Cn1nnc(-c2ccsc2)n1)N[C@H]1CCCc2ccccc21. The largest absolute Gasteiger partial charge is 0.348 e. The van der Waals surface area contributed by atoms with Crippen molar-refractivity contribution < 1.29 is 4.79 Å². The minimum absolute atomic E-state index is 0.0716. The number of thiophene rings is 1. The van der Waals surface area contributed by atoms with Gasteiger partial charge in [0.05, 0.1) is 6.04 Å². The first kappa shape index (κ1) is 15.0. The summed E-state index contributed by atoms with van der Waals surface area (Å²) in [6, 6.07) is 10.3. The zero-order chi connectivity index (χ0) is 16.4. The van der Waals surface area contributed by atoms with Gasteiger partial charge in [0.2, 0.25) is 11.7 Å². The highest BCUT2D eigenvalue weighted by Crippen LogP contribution is 2.29. The van der Waals surface area contributed by atoms with Crippen LogP contribution in [0.15, 0.2) is 41.1 Å². The lowest BCUT2D eigenvalue weighted by Crippen LogP contribution is -2.34. The monoisotopic (exact) mass is 339 g/mol. The van der Waals surface area contributed by atoms with Gasteiger partial charge in [0.25, 0.3) is 0 Å². The lowest BCUT2D eigenvalue weighted by molar-refractivity contribution is -0.122. The molecule has 3 aromatic rings. The van der Waals surface area contributed by atoms with E-state index in [9.17, 15) is 4.79 Å².